The van der Waals surface area contributed by atoms with Gasteiger partial charge in [0, 0.05) is 0 Å². The van der Waals surface area contributed by atoms with E-state index in [9.17, 15) is 9.59 Å². The zero-order valence-corrected chi connectivity index (χ0v) is 10.8. The second-order valence-corrected chi connectivity index (χ2v) is 5.82. The minimum absolute atomic E-state index is 0.141. The highest BCUT2D eigenvalue weighted by Crippen LogP contribution is 2.47. The Bertz CT molecular complexity index is 391. The van der Waals surface area contributed by atoms with E-state index in [-0.39, 0.29) is 48.0 Å². The molecule has 0 aliphatic carbocycles. The molecule has 0 N–H and O–H groups in total. The predicted octanol–water partition coefficient (Wildman–Crippen LogP) is 0.903. The molecule has 3 aliphatic heterocycles. The molecule has 3 heterocycles. The minimum Gasteiger partial charge on any atom is -0.455 e. The number of hydrogen-bond acceptors (Lipinski definition) is 5. The largest absolute Gasteiger partial charge is 0.455 e. The van der Waals surface area contributed by atoms with Gasteiger partial charge in [-0.3, -0.25) is 9.59 Å². The summed E-state index contributed by atoms with van der Waals surface area (Å²) in [5.41, 5.74) is 0. The zero-order valence-electron chi connectivity index (χ0n) is 10.8. The van der Waals surface area contributed by atoms with Crippen LogP contribution in [0, 0.1) is 17.8 Å². The van der Waals surface area contributed by atoms with Gasteiger partial charge in [0.2, 0.25) is 0 Å². The fraction of sp³-hybridized carbons (Fsp3) is 0.846. The Balaban J connectivity index is 1.69. The van der Waals surface area contributed by atoms with Gasteiger partial charge in [0.15, 0.2) is 12.2 Å². The molecule has 5 heteroatoms. The molecule has 0 saturated carbocycles. The summed E-state index contributed by atoms with van der Waals surface area (Å²) in [6.45, 7) is 5.81. The van der Waals surface area contributed by atoms with Crippen LogP contribution in [0.2, 0.25) is 0 Å². The van der Waals surface area contributed by atoms with Crippen molar-refractivity contribution in [3.8, 4) is 0 Å². The lowest BCUT2D eigenvalue weighted by molar-refractivity contribution is -0.165. The average molecular weight is 254 g/mol. The first-order valence-electron chi connectivity index (χ1n) is 6.55. The van der Waals surface area contributed by atoms with Crippen molar-refractivity contribution >= 4 is 11.9 Å². The Morgan fingerprint density at radius 1 is 1.33 bits per heavy atom. The molecule has 0 spiro atoms. The lowest BCUT2D eigenvalue weighted by Gasteiger charge is -2.24. The Morgan fingerprint density at radius 3 is 2.72 bits per heavy atom. The van der Waals surface area contributed by atoms with Gasteiger partial charge in [0.1, 0.15) is 6.10 Å². The number of hydrogen-bond donors (Lipinski definition) is 0. The van der Waals surface area contributed by atoms with Gasteiger partial charge in [-0.05, 0) is 12.3 Å². The van der Waals surface area contributed by atoms with Crippen LogP contribution in [0.1, 0.15) is 27.2 Å². The van der Waals surface area contributed by atoms with E-state index < -0.39 is 6.10 Å². The first-order chi connectivity index (χ1) is 8.49. The van der Waals surface area contributed by atoms with Crippen LogP contribution in [-0.4, -0.2) is 36.4 Å². The van der Waals surface area contributed by atoms with Crippen molar-refractivity contribution in [1.82, 2.24) is 0 Å². The summed E-state index contributed by atoms with van der Waals surface area (Å²) in [5.74, 6) is -0.501. The molecule has 3 fully saturated rings. The van der Waals surface area contributed by atoms with Gasteiger partial charge >= 0.3 is 11.9 Å². The Kier molecular flexibility index (Phi) is 2.62. The number of fused-ring (bicyclic) bond motifs is 1. The van der Waals surface area contributed by atoms with Crippen LogP contribution in [0.25, 0.3) is 0 Å². The summed E-state index contributed by atoms with van der Waals surface area (Å²) in [6.07, 6.45) is -0.543. The van der Waals surface area contributed by atoms with Crippen LogP contribution >= 0.6 is 0 Å². The molecule has 2 bridgehead atoms. The van der Waals surface area contributed by atoms with Gasteiger partial charge in [-0.2, -0.15) is 0 Å². The van der Waals surface area contributed by atoms with E-state index in [1.165, 1.54) is 0 Å². The summed E-state index contributed by atoms with van der Waals surface area (Å²) < 4.78 is 16.4. The van der Waals surface area contributed by atoms with Gasteiger partial charge in [0.25, 0.3) is 0 Å². The van der Waals surface area contributed by atoms with E-state index in [4.69, 9.17) is 14.2 Å². The summed E-state index contributed by atoms with van der Waals surface area (Å²) in [6, 6.07) is 0. The minimum atomic E-state index is -0.411. The molecule has 18 heavy (non-hydrogen) atoms. The van der Waals surface area contributed by atoms with Crippen molar-refractivity contribution in [3.05, 3.63) is 0 Å². The molecule has 0 aromatic carbocycles. The van der Waals surface area contributed by atoms with Crippen LogP contribution in [0.15, 0.2) is 0 Å². The highest BCUT2D eigenvalue weighted by Gasteiger charge is 2.65. The predicted molar refractivity (Wildman–Crippen MR) is 60.5 cm³/mol. The van der Waals surface area contributed by atoms with Crippen molar-refractivity contribution < 1.29 is 23.8 Å². The molecule has 3 aliphatic rings. The molecule has 0 amide bonds. The van der Waals surface area contributed by atoms with Gasteiger partial charge in [0.05, 0.1) is 17.9 Å². The van der Waals surface area contributed by atoms with E-state index in [1.54, 1.807) is 0 Å². The normalized spacial score (nSPS) is 42.2. The maximum absolute atomic E-state index is 12.0. The number of carbonyl (C=O) groups is 2. The third kappa shape index (κ3) is 1.56. The van der Waals surface area contributed by atoms with E-state index >= 15 is 0 Å². The van der Waals surface area contributed by atoms with Crippen molar-refractivity contribution in [1.29, 1.82) is 0 Å². The topological polar surface area (TPSA) is 61.8 Å². The molecule has 5 nitrogen and oxygen atoms in total. The van der Waals surface area contributed by atoms with Crippen molar-refractivity contribution in [3.63, 3.8) is 0 Å². The van der Waals surface area contributed by atoms with Gasteiger partial charge in [-0.25, -0.2) is 0 Å². The smallest absolute Gasteiger partial charge is 0.312 e. The van der Waals surface area contributed by atoms with Gasteiger partial charge < -0.3 is 14.2 Å². The van der Waals surface area contributed by atoms with E-state index in [0.29, 0.717) is 6.42 Å². The average Bonchev–Trinajstić information content (AvgIpc) is 2.92. The van der Waals surface area contributed by atoms with Crippen LogP contribution in [0.5, 0.6) is 0 Å². The quantitative estimate of drug-likeness (QED) is 0.700. The van der Waals surface area contributed by atoms with E-state index in [0.717, 1.165) is 0 Å². The monoisotopic (exact) mass is 254 g/mol. The molecule has 0 aromatic rings. The third-order valence-corrected chi connectivity index (χ3v) is 4.41. The zero-order chi connectivity index (χ0) is 13.0. The van der Waals surface area contributed by atoms with Crippen molar-refractivity contribution in [2.45, 2.75) is 51.6 Å². The van der Waals surface area contributed by atoms with Crippen molar-refractivity contribution in [2.24, 2.45) is 17.8 Å². The summed E-state index contributed by atoms with van der Waals surface area (Å²) in [7, 11) is 0. The van der Waals surface area contributed by atoms with Crippen LogP contribution < -0.4 is 0 Å². The summed E-state index contributed by atoms with van der Waals surface area (Å²) >= 11 is 0. The molecule has 3 rings (SSSR count). The third-order valence-electron chi connectivity index (χ3n) is 4.41. The molecular weight excluding hydrogens is 236 g/mol. The molecule has 100 valence electrons. The van der Waals surface area contributed by atoms with Crippen LogP contribution in [0.3, 0.4) is 0 Å². The number of rotatable bonds is 3. The highest BCUT2D eigenvalue weighted by molar-refractivity contribution is 5.78. The van der Waals surface area contributed by atoms with Gasteiger partial charge in [-0.1, -0.05) is 20.8 Å². The Labute approximate surface area is 106 Å². The van der Waals surface area contributed by atoms with Crippen LogP contribution in [-0.2, 0) is 23.8 Å². The summed E-state index contributed by atoms with van der Waals surface area (Å²) in [5, 5.41) is 0. The summed E-state index contributed by atoms with van der Waals surface area (Å²) in [4.78, 5) is 23.5. The maximum Gasteiger partial charge on any atom is 0.312 e. The number of carbonyl (C=O) groups excluding carboxylic acids is 2. The Hall–Kier alpha value is -1.10. The first kappa shape index (κ1) is 12.0. The first-order valence-corrected chi connectivity index (χ1v) is 6.55. The molecule has 0 aromatic heterocycles. The van der Waals surface area contributed by atoms with E-state index in [1.807, 2.05) is 20.8 Å². The van der Waals surface area contributed by atoms with E-state index in [2.05, 4.69) is 0 Å². The lowest BCUT2D eigenvalue weighted by Crippen LogP contribution is -2.41. The standard InChI is InChI=1S/C13H18O5/c1-5(2)6(3)12(14)17-10-8-4-7-9(16-8)11(10)18-13(7)15/h5-11H,4H2,1-3H3. The SMILES string of the molecule is CC(C)C(C)C(=O)OC1C2CC3C(=O)OC1C3O2. The maximum atomic E-state index is 12.0. The second-order valence-electron chi connectivity index (χ2n) is 5.82. The fourth-order valence-electron chi connectivity index (χ4n) is 2.90. The molecule has 0 radical (unpaired) electrons. The molecule has 3 saturated heterocycles. The fourth-order valence-corrected chi connectivity index (χ4v) is 2.90. The Morgan fingerprint density at radius 2 is 2.06 bits per heavy atom. The number of esters is 2. The molecule has 6 atom stereocenters. The van der Waals surface area contributed by atoms with Gasteiger partial charge in [-0.15, -0.1) is 0 Å². The van der Waals surface area contributed by atoms with Crippen LogP contribution in [0.4, 0.5) is 0 Å². The second kappa shape index (κ2) is 3.95. The molecular formula is C13H18O5. The number of ether oxygens (including phenoxy) is 3. The highest BCUT2D eigenvalue weighted by atomic mass is 16.7. The lowest BCUT2D eigenvalue weighted by atomic mass is 9.88. The molecule has 6 unspecified atom stereocenters. The van der Waals surface area contributed by atoms with Crippen molar-refractivity contribution in [2.75, 3.05) is 0 Å².